The number of aromatic nitrogens is 2. The summed E-state index contributed by atoms with van der Waals surface area (Å²) in [7, 11) is 0. The topological polar surface area (TPSA) is 37.8 Å². The molecule has 0 saturated carbocycles. The number of para-hydroxylation sites is 1. The molecule has 2 aromatic heterocycles. The molecule has 0 aliphatic carbocycles. The van der Waals surface area contributed by atoms with E-state index in [9.17, 15) is 0 Å². The summed E-state index contributed by atoms with van der Waals surface area (Å²) < 4.78 is 0. The van der Waals surface area contributed by atoms with Crippen LogP contribution in [0, 0.1) is 6.92 Å². The molecule has 1 atom stereocenters. The summed E-state index contributed by atoms with van der Waals surface area (Å²) in [5, 5.41) is 5.72. The summed E-state index contributed by atoms with van der Waals surface area (Å²) in [4.78, 5) is 10.3. The standard InChI is InChI=1S/C16H17N3S/c1-3-17-15(16-11(2)7-10-20-16)12-5-4-6-13-14(12)19-9-8-18-13/h4-10,15,17H,3H2,1-2H3. The summed E-state index contributed by atoms with van der Waals surface area (Å²) in [6, 6.07) is 8.56. The lowest BCUT2D eigenvalue weighted by Gasteiger charge is -2.19. The molecular weight excluding hydrogens is 266 g/mol. The number of aryl methyl sites for hydroxylation is 1. The molecule has 4 heteroatoms. The van der Waals surface area contributed by atoms with E-state index in [0.717, 1.165) is 17.6 Å². The van der Waals surface area contributed by atoms with Gasteiger partial charge in [-0.05, 0) is 36.5 Å². The molecule has 0 aliphatic heterocycles. The molecule has 3 rings (SSSR count). The largest absolute Gasteiger partial charge is 0.306 e. The third kappa shape index (κ3) is 2.32. The minimum atomic E-state index is 0.181. The van der Waals surface area contributed by atoms with E-state index < -0.39 is 0 Å². The SMILES string of the molecule is CCNC(c1sccc1C)c1cccc2nccnc12. The van der Waals surface area contributed by atoms with Gasteiger partial charge in [-0.1, -0.05) is 19.1 Å². The molecule has 1 unspecified atom stereocenters. The molecule has 1 aromatic carbocycles. The van der Waals surface area contributed by atoms with Crippen LogP contribution in [0.2, 0.25) is 0 Å². The van der Waals surface area contributed by atoms with Gasteiger partial charge in [-0.3, -0.25) is 9.97 Å². The van der Waals surface area contributed by atoms with Gasteiger partial charge in [0.2, 0.25) is 0 Å². The minimum absolute atomic E-state index is 0.181. The van der Waals surface area contributed by atoms with E-state index in [0.29, 0.717) is 0 Å². The molecular formula is C16H17N3S. The summed E-state index contributed by atoms with van der Waals surface area (Å²) in [5.41, 5.74) is 4.45. The quantitative estimate of drug-likeness (QED) is 0.793. The van der Waals surface area contributed by atoms with Gasteiger partial charge in [0.05, 0.1) is 17.1 Å². The van der Waals surface area contributed by atoms with Gasteiger partial charge in [-0.15, -0.1) is 11.3 Å². The van der Waals surface area contributed by atoms with Crippen molar-refractivity contribution in [2.75, 3.05) is 6.54 Å². The summed E-state index contributed by atoms with van der Waals surface area (Å²) in [5.74, 6) is 0. The third-order valence-corrected chi connectivity index (χ3v) is 4.50. The molecule has 0 spiro atoms. The second-order valence-corrected chi connectivity index (χ2v) is 5.68. The lowest BCUT2D eigenvalue weighted by Crippen LogP contribution is -2.22. The van der Waals surface area contributed by atoms with Crippen molar-refractivity contribution in [3.05, 3.63) is 58.0 Å². The predicted octanol–water partition coefficient (Wildman–Crippen LogP) is 3.70. The first kappa shape index (κ1) is 13.2. The molecule has 0 aliphatic rings. The maximum absolute atomic E-state index is 4.53. The third-order valence-electron chi connectivity index (χ3n) is 3.41. The first-order valence-corrected chi connectivity index (χ1v) is 7.66. The van der Waals surface area contributed by atoms with Crippen molar-refractivity contribution >= 4 is 22.4 Å². The number of fused-ring (bicyclic) bond motifs is 1. The fourth-order valence-electron chi connectivity index (χ4n) is 2.48. The van der Waals surface area contributed by atoms with Crippen molar-refractivity contribution in [2.45, 2.75) is 19.9 Å². The van der Waals surface area contributed by atoms with Gasteiger partial charge in [0.1, 0.15) is 0 Å². The Labute approximate surface area is 122 Å². The van der Waals surface area contributed by atoms with Crippen molar-refractivity contribution in [1.29, 1.82) is 0 Å². The normalized spacial score (nSPS) is 12.7. The van der Waals surface area contributed by atoms with Crippen LogP contribution in [0.4, 0.5) is 0 Å². The van der Waals surface area contributed by atoms with Crippen LogP contribution in [0.3, 0.4) is 0 Å². The highest BCUT2D eigenvalue weighted by atomic mass is 32.1. The van der Waals surface area contributed by atoms with Gasteiger partial charge in [0.25, 0.3) is 0 Å². The van der Waals surface area contributed by atoms with Crippen LogP contribution >= 0.6 is 11.3 Å². The Morgan fingerprint density at radius 2 is 2.05 bits per heavy atom. The predicted molar refractivity (Wildman–Crippen MR) is 84.1 cm³/mol. The Kier molecular flexibility index (Phi) is 3.76. The molecule has 0 bridgehead atoms. The summed E-state index contributed by atoms with van der Waals surface area (Å²) in [6.07, 6.45) is 3.50. The Morgan fingerprint density at radius 1 is 1.20 bits per heavy atom. The lowest BCUT2D eigenvalue weighted by atomic mass is 10.0. The zero-order chi connectivity index (χ0) is 13.9. The van der Waals surface area contributed by atoms with Crippen molar-refractivity contribution in [2.24, 2.45) is 0 Å². The van der Waals surface area contributed by atoms with E-state index >= 15 is 0 Å². The molecule has 2 heterocycles. The Hall–Kier alpha value is -1.78. The van der Waals surface area contributed by atoms with E-state index in [2.05, 4.69) is 52.7 Å². The molecule has 0 fully saturated rings. The van der Waals surface area contributed by atoms with E-state index in [1.165, 1.54) is 16.0 Å². The van der Waals surface area contributed by atoms with Crippen molar-refractivity contribution in [1.82, 2.24) is 15.3 Å². The number of rotatable bonds is 4. The average molecular weight is 283 g/mol. The zero-order valence-corrected chi connectivity index (χ0v) is 12.4. The Balaban J connectivity index is 2.17. The second kappa shape index (κ2) is 5.69. The highest BCUT2D eigenvalue weighted by Gasteiger charge is 2.19. The molecule has 102 valence electrons. The molecule has 1 N–H and O–H groups in total. The van der Waals surface area contributed by atoms with Crippen LogP contribution in [0.25, 0.3) is 11.0 Å². The number of thiophene rings is 1. The molecule has 3 nitrogen and oxygen atoms in total. The van der Waals surface area contributed by atoms with E-state index in [1.807, 2.05) is 6.07 Å². The van der Waals surface area contributed by atoms with Gasteiger partial charge in [0, 0.05) is 22.8 Å². The van der Waals surface area contributed by atoms with Gasteiger partial charge in [0.15, 0.2) is 0 Å². The van der Waals surface area contributed by atoms with Crippen molar-refractivity contribution in [3.63, 3.8) is 0 Å². The fourth-order valence-corrected chi connectivity index (χ4v) is 3.50. The monoisotopic (exact) mass is 283 g/mol. The first-order chi connectivity index (χ1) is 9.81. The van der Waals surface area contributed by atoms with Crippen LogP contribution in [0.15, 0.2) is 42.0 Å². The molecule has 0 radical (unpaired) electrons. The smallest absolute Gasteiger partial charge is 0.0938 e. The molecule has 3 aromatic rings. The van der Waals surface area contributed by atoms with Gasteiger partial charge in [-0.2, -0.15) is 0 Å². The van der Waals surface area contributed by atoms with Gasteiger partial charge in [-0.25, -0.2) is 0 Å². The van der Waals surface area contributed by atoms with Crippen molar-refractivity contribution < 1.29 is 0 Å². The van der Waals surface area contributed by atoms with Crippen molar-refractivity contribution in [3.8, 4) is 0 Å². The average Bonchev–Trinajstić information content (AvgIpc) is 2.90. The number of nitrogens with one attached hydrogen (secondary N) is 1. The van der Waals surface area contributed by atoms with E-state index in [1.54, 1.807) is 23.7 Å². The van der Waals surface area contributed by atoms with E-state index in [4.69, 9.17) is 0 Å². The number of benzene rings is 1. The second-order valence-electron chi connectivity index (χ2n) is 4.73. The van der Waals surface area contributed by atoms with Crippen LogP contribution in [-0.4, -0.2) is 16.5 Å². The number of hydrogen-bond acceptors (Lipinski definition) is 4. The van der Waals surface area contributed by atoms with Crippen LogP contribution < -0.4 is 5.32 Å². The molecule has 20 heavy (non-hydrogen) atoms. The summed E-state index contributed by atoms with van der Waals surface area (Å²) >= 11 is 1.79. The lowest BCUT2D eigenvalue weighted by molar-refractivity contribution is 0.640. The molecule has 0 saturated heterocycles. The number of hydrogen-bond donors (Lipinski definition) is 1. The molecule has 0 amide bonds. The first-order valence-electron chi connectivity index (χ1n) is 6.78. The van der Waals surface area contributed by atoms with E-state index in [-0.39, 0.29) is 6.04 Å². The maximum atomic E-state index is 4.53. The summed E-state index contributed by atoms with van der Waals surface area (Å²) in [6.45, 7) is 5.21. The zero-order valence-electron chi connectivity index (χ0n) is 11.6. The fraction of sp³-hybridized carbons (Fsp3) is 0.250. The number of nitrogens with zero attached hydrogens (tertiary/aromatic N) is 2. The van der Waals surface area contributed by atoms with Gasteiger partial charge < -0.3 is 5.32 Å². The maximum Gasteiger partial charge on any atom is 0.0938 e. The Morgan fingerprint density at radius 3 is 2.80 bits per heavy atom. The highest BCUT2D eigenvalue weighted by molar-refractivity contribution is 7.10. The van der Waals surface area contributed by atoms with Crippen LogP contribution in [0.5, 0.6) is 0 Å². The van der Waals surface area contributed by atoms with Crippen LogP contribution in [0.1, 0.15) is 29.0 Å². The minimum Gasteiger partial charge on any atom is -0.306 e. The highest BCUT2D eigenvalue weighted by Crippen LogP contribution is 2.32. The van der Waals surface area contributed by atoms with Gasteiger partial charge >= 0.3 is 0 Å². The van der Waals surface area contributed by atoms with Crippen LogP contribution in [-0.2, 0) is 0 Å². The Bertz CT molecular complexity index is 715.